The number of fused-ring (bicyclic) bond motifs is 1. The van der Waals surface area contributed by atoms with Crippen LogP contribution in [0.3, 0.4) is 0 Å². The number of H-pyrrole nitrogens is 2. The second-order valence-electron chi connectivity index (χ2n) is 7.29. The van der Waals surface area contributed by atoms with Gasteiger partial charge in [0, 0.05) is 23.5 Å². The first-order valence-electron chi connectivity index (χ1n) is 9.56. The van der Waals surface area contributed by atoms with Gasteiger partial charge in [0.15, 0.2) is 11.5 Å². The highest BCUT2D eigenvalue weighted by Crippen LogP contribution is 2.47. The number of aromatic amines is 2. The Labute approximate surface area is 169 Å². The quantitative estimate of drug-likeness (QED) is 0.474. The Hall–Kier alpha value is -3.88. The van der Waals surface area contributed by atoms with Crippen molar-refractivity contribution < 1.29 is 13.9 Å². The molecule has 0 fully saturated rings. The lowest BCUT2D eigenvalue weighted by atomic mass is 9.83. The van der Waals surface area contributed by atoms with Gasteiger partial charge in [-0.3, -0.25) is 4.79 Å². The normalized spacial score (nSPS) is 19.5. The third-order valence-corrected chi connectivity index (χ3v) is 5.56. The maximum atomic E-state index is 14.3. The second-order valence-corrected chi connectivity index (χ2v) is 7.29. The smallest absolute Gasteiger partial charge is 0.272 e. The van der Waals surface area contributed by atoms with E-state index in [-0.39, 0.29) is 17.3 Å². The predicted molar refractivity (Wildman–Crippen MR) is 107 cm³/mol. The van der Waals surface area contributed by atoms with E-state index < -0.39 is 11.4 Å². The Morgan fingerprint density at radius 3 is 2.80 bits per heavy atom. The van der Waals surface area contributed by atoms with Gasteiger partial charge in [-0.05, 0) is 29.8 Å². The lowest BCUT2D eigenvalue weighted by Gasteiger charge is -2.33. The van der Waals surface area contributed by atoms with Gasteiger partial charge in [-0.1, -0.05) is 6.07 Å². The van der Waals surface area contributed by atoms with Crippen LogP contribution in [-0.4, -0.2) is 33.4 Å². The van der Waals surface area contributed by atoms with E-state index in [4.69, 9.17) is 9.47 Å². The van der Waals surface area contributed by atoms with Crippen molar-refractivity contribution in [1.29, 1.82) is 0 Å². The monoisotopic (exact) mass is 405 g/mol. The first-order valence-corrected chi connectivity index (χ1v) is 9.56. The second kappa shape index (κ2) is 6.31. The number of hydrogen-bond acceptors (Lipinski definition) is 6. The molecule has 2 unspecified atom stereocenters. The molecule has 2 aromatic carbocycles. The van der Waals surface area contributed by atoms with Crippen LogP contribution < -0.4 is 20.3 Å². The van der Waals surface area contributed by atoms with Gasteiger partial charge in [0.25, 0.3) is 5.56 Å². The standard InChI is InChI=1S/C21H16FN5O3/c22-11-8-12-16-13(9-11)25-18(10-1-2-14-15(7-10)30-6-5-29-14)17(20-23-3-4-24-20)19(16)26-27-21(12)28/h1-4,7-9,17-18,25H,5-6H2,(H,23,24)(H,27,28). The third-order valence-electron chi connectivity index (χ3n) is 5.56. The highest BCUT2D eigenvalue weighted by molar-refractivity contribution is 5.97. The fraction of sp³-hybridized carbons (Fsp3) is 0.190. The fourth-order valence-corrected chi connectivity index (χ4v) is 4.30. The van der Waals surface area contributed by atoms with Gasteiger partial charge in [0.2, 0.25) is 0 Å². The van der Waals surface area contributed by atoms with Crippen LogP contribution in [-0.2, 0) is 0 Å². The number of aromatic nitrogens is 4. The number of ether oxygens (including phenoxy) is 2. The molecule has 0 spiro atoms. The molecular weight excluding hydrogens is 389 g/mol. The van der Waals surface area contributed by atoms with E-state index in [1.165, 1.54) is 12.1 Å². The summed E-state index contributed by atoms with van der Waals surface area (Å²) < 4.78 is 25.7. The zero-order valence-electron chi connectivity index (χ0n) is 15.6. The van der Waals surface area contributed by atoms with Gasteiger partial charge in [0.1, 0.15) is 24.9 Å². The number of anilines is 1. The largest absolute Gasteiger partial charge is 0.486 e. The van der Waals surface area contributed by atoms with Crippen LogP contribution in [0.4, 0.5) is 10.1 Å². The van der Waals surface area contributed by atoms with Crippen LogP contribution in [0.15, 0.2) is 47.5 Å². The summed E-state index contributed by atoms with van der Waals surface area (Å²) in [7, 11) is 0. The van der Waals surface area contributed by atoms with Gasteiger partial charge < -0.3 is 19.8 Å². The summed E-state index contributed by atoms with van der Waals surface area (Å²) in [6.07, 6.45) is 3.40. The molecule has 4 heterocycles. The average Bonchev–Trinajstić information content (AvgIpc) is 3.29. The fourth-order valence-electron chi connectivity index (χ4n) is 4.30. The average molecular weight is 405 g/mol. The number of benzene rings is 2. The van der Waals surface area contributed by atoms with E-state index in [0.29, 0.717) is 47.3 Å². The van der Waals surface area contributed by atoms with Crippen LogP contribution >= 0.6 is 0 Å². The van der Waals surface area contributed by atoms with E-state index in [1.807, 2.05) is 18.2 Å². The van der Waals surface area contributed by atoms with Crippen LogP contribution in [0.1, 0.15) is 29.0 Å². The SMILES string of the molecule is O=c1[nH]nc2c3c(cc(F)cc13)NC(c1ccc3c(c1)OCCO3)C2c1ncc[nH]1. The molecule has 150 valence electrons. The van der Waals surface area contributed by atoms with Crippen molar-refractivity contribution in [2.45, 2.75) is 12.0 Å². The molecule has 0 bridgehead atoms. The Balaban J connectivity index is 1.59. The van der Waals surface area contributed by atoms with E-state index >= 15 is 0 Å². The lowest BCUT2D eigenvalue weighted by molar-refractivity contribution is 0.171. The van der Waals surface area contributed by atoms with Crippen LogP contribution in [0.2, 0.25) is 0 Å². The maximum Gasteiger partial charge on any atom is 0.272 e. The van der Waals surface area contributed by atoms with Crippen LogP contribution in [0.25, 0.3) is 10.8 Å². The molecular formula is C21H16FN5O3. The van der Waals surface area contributed by atoms with Crippen molar-refractivity contribution in [3.8, 4) is 11.5 Å². The van der Waals surface area contributed by atoms with Crippen molar-refractivity contribution >= 4 is 16.5 Å². The minimum atomic E-state index is -0.495. The Bertz CT molecular complexity index is 1330. The topological polar surface area (TPSA) is 105 Å². The van der Waals surface area contributed by atoms with E-state index in [9.17, 15) is 9.18 Å². The van der Waals surface area contributed by atoms with E-state index in [2.05, 4.69) is 25.5 Å². The minimum Gasteiger partial charge on any atom is -0.486 e. The first kappa shape index (κ1) is 17.0. The molecule has 8 nitrogen and oxygen atoms in total. The van der Waals surface area contributed by atoms with Crippen molar-refractivity contribution in [3.05, 3.63) is 76.0 Å². The van der Waals surface area contributed by atoms with E-state index in [0.717, 1.165) is 5.56 Å². The Morgan fingerprint density at radius 1 is 1.10 bits per heavy atom. The number of hydrogen-bond donors (Lipinski definition) is 3. The lowest BCUT2D eigenvalue weighted by Crippen LogP contribution is -2.29. The summed E-state index contributed by atoms with van der Waals surface area (Å²) >= 11 is 0. The summed E-state index contributed by atoms with van der Waals surface area (Å²) in [5, 5.41) is 11.1. The van der Waals surface area contributed by atoms with Crippen molar-refractivity contribution in [3.63, 3.8) is 0 Å². The number of halogens is 1. The highest BCUT2D eigenvalue weighted by atomic mass is 19.1. The summed E-state index contributed by atoms with van der Waals surface area (Å²) in [6, 6.07) is 8.00. The van der Waals surface area contributed by atoms with Gasteiger partial charge in [-0.25, -0.2) is 14.5 Å². The molecule has 2 aliphatic heterocycles. The Kier molecular flexibility index (Phi) is 3.58. The Morgan fingerprint density at radius 2 is 1.97 bits per heavy atom. The molecule has 0 amide bonds. The molecule has 4 aromatic rings. The molecule has 6 rings (SSSR count). The highest BCUT2D eigenvalue weighted by Gasteiger charge is 2.37. The molecule has 30 heavy (non-hydrogen) atoms. The number of nitrogens with zero attached hydrogens (tertiary/aromatic N) is 2. The van der Waals surface area contributed by atoms with Crippen LogP contribution in [0, 0.1) is 5.82 Å². The molecule has 2 atom stereocenters. The molecule has 0 saturated carbocycles. The number of nitrogens with one attached hydrogen (secondary N) is 3. The molecule has 3 N–H and O–H groups in total. The first-order chi connectivity index (χ1) is 14.7. The summed E-state index contributed by atoms with van der Waals surface area (Å²) in [4.78, 5) is 19.9. The molecule has 9 heteroatoms. The van der Waals surface area contributed by atoms with Crippen molar-refractivity contribution in [1.82, 2.24) is 20.2 Å². The van der Waals surface area contributed by atoms with Crippen molar-refractivity contribution in [2.75, 3.05) is 18.5 Å². The number of imidazole rings is 1. The molecule has 2 aromatic heterocycles. The summed E-state index contributed by atoms with van der Waals surface area (Å²) in [6.45, 7) is 0.987. The van der Waals surface area contributed by atoms with Gasteiger partial charge in [-0.15, -0.1) is 0 Å². The molecule has 0 radical (unpaired) electrons. The van der Waals surface area contributed by atoms with Gasteiger partial charge in [-0.2, -0.15) is 5.10 Å². The maximum absolute atomic E-state index is 14.3. The molecule has 0 aliphatic carbocycles. The van der Waals surface area contributed by atoms with Gasteiger partial charge in [0.05, 0.1) is 23.0 Å². The zero-order chi connectivity index (χ0) is 20.2. The number of rotatable bonds is 2. The minimum absolute atomic E-state index is 0.250. The summed E-state index contributed by atoms with van der Waals surface area (Å²) in [5.41, 5.74) is 1.60. The van der Waals surface area contributed by atoms with Crippen molar-refractivity contribution in [2.24, 2.45) is 0 Å². The summed E-state index contributed by atoms with van der Waals surface area (Å²) in [5.74, 6) is 1.18. The third kappa shape index (κ3) is 2.48. The molecule has 2 aliphatic rings. The molecule has 0 saturated heterocycles. The van der Waals surface area contributed by atoms with Gasteiger partial charge >= 0.3 is 0 Å². The van der Waals surface area contributed by atoms with E-state index in [1.54, 1.807) is 12.4 Å². The van der Waals surface area contributed by atoms with Crippen LogP contribution in [0.5, 0.6) is 11.5 Å². The predicted octanol–water partition coefficient (Wildman–Crippen LogP) is 2.86. The zero-order valence-corrected chi connectivity index (χ0v) is 15.6.